The van der Waals surface area contributed by atoms with Crippen LogP contribution in [0.2, 0.25) is 0 Å². The normalized spacial score (nSPS) is 11.1. The van der Waals surface area contributed by atoms with E-state index in [-0.39, 0.29) is 0 Å². The van der Waals surface area contributed by atoms with Crippen molar-refractivity contribution in [2.75, 3.05) is 25.5 Å². The highest BCUT2D eigenvalue weighted by molar-refractivity contribution is 7.80. The highest BCUT2D eigenvalue weighted by Gasteiger charge is 2.00. The molecule has 0 aromatic heterocycles. The molecule has 0 amide bonds. The summed E-state index contributed by atoms with van der Waals surface area (Å²) in [7, 11) is 4.06. The Morgan fingerprint density at radius 3 is 2.43 bits per heavy atom. The third-order valence-electron chi connectivity index (χ3n) is 3.19. The number of anilines is 1. The molecule has 21 heavy (non-hydrogen) atoms. The highest BCUT2D eigenvalue weighted by atomic mass is 32.1. The highest BCUT2D eigenvalue weighted by Crippen LogP contribution is 2.12. The molecule has 0 atom stereocenters. The van der Waals surface area contributed by atoms with E-state index in [0.717, 1.165) is 24.2 Å². The molecule has 116 valence electrons. The van der Waals surface area contributed by atoms with E-state index in [1.165, 1.54) is 18.5 Å². The number of nitrogens with zero attached hydrogens (tertiary/aromatic N) is 2. The Bertz CT molecular complexity index is 466. The first-order chi connectivity index (χ1) is 10.0. The zero-order valence-electron chi connectivity index (χ0n) is 13.4. The minimum atomic E-state index is 0.579. The van der Waals surface area contributed by atoms with Crippen molar-refractivity contribution in [1.29, 1.82) is 0 Å². The Balaban J connectivity index is 2.46. The second-order valence-corrected chi connectivity index (χ2v) is 5.62. The van der Waals surface area contributed by atoms with Crippen molar-refractivity contribution < 1.29 is 0 Å². The van der Waals surface area contributed by atoms with Crippen molar-refractivity contribution in [1.82, 2.24) is 10.7 Å². The maximum atomic E-state index is 5.19. The summed E-state index contributed by atoms with van der Waals surface area (Å²) in [6.45, 7) is 5.05. The predicted molar refractivity (Wildman–Crippen MR) is 96.2 cm³/mol. The Morgan fingerprint density at radius 1 is 1.19 bits per heavy atom. The second kappa shape index (κ2) is 9.34. The van der Waals surface area contributed by atoms with Crippen molar-refractivity contribution in [3.8, 4) is 0 Å². The summed E-state index contributed by atoms with van der Waals surface area (Å²) in [5, 5.41) is 8.05. The van der Waals surface area contributed by atoms with Gasteiger partial charge in [-0.25, -0.2) is 0 Å². The third-order valence-corrected chi connectivity index (χ3v) is 3.43. The van der Waals surface area contributed by atoms with Gasteiger partial charge in [-0.1, -0.05) is 31.9 Å². The van der Waals surface area contributed by atoms with Gasteiger partial charge in [0.2, 0.25) is 0 Å². The zero-order valence-corrected chi connectivity index (χ0v) is 14.3. The molecule has 0 saturated heterocycles. The van der Waals surface area contributed by atoms with E-state index in [4.69, 9.17) is 12.2 Å². The average molecular weight is 306 g/mol. The third kappa shape index (κ3) is 6.58. The molecule has 2 N–H and O–H groups in total. The van der Waals surface area contributed by atoms with Crippen LogP contribution in [0.1, 0.15) is 38.7 Å². The van der Waals surface area contributed by atoms with Crippen LogP contribution in [-0.2, 0) is 0 Å². The van der Waals surface area contributed by atoms with Gasteiger partial charge in [-0.2, -0.15) is 5.10 Å². The molecule has 1 rings (SSSR count). The van der Waals surface area contributed by atoms with Gasteiger partial charge in [-0.05, 0) is 43.3 Å². The van der Waals surface area contributed by atoms with Crippen molar-refractivity contribution in [3.05, 3.63) is 29.8 Å². The van der Waals surface area contributed by atoms with Crippen LogP contribution in [0.15, 0.2) is 29.4 Å². The maximum Gasteiger partial charge on any atom is 0.186 e. The van der Waals surface area contributed by atoms with E-state index in [9.17, 15) is 0 Å². The van der Waals surface area contributed by atoms with Crippen molar-refractivity contribution in [2.24, 2.45) is 5.10 Å². The van der Waals surface area contributed by atoms with Gasteiger partial charge in [-0.15, -0.1) is 0 Å². The number of unbranched alkanes of at least 4 members (excludes halogenated alkanes) is 2. The Hall–Kier alpha value is -1.62. The number of hydrogen-bond donors (Lipinski definition) is 2. The molecule has 0 bridgehead atoms. The van der Waals surface area contributed by atoms with E-state index < -0.39 is 0 Å². The lowest BCUT2D eigenvalue weighted by Crippen LogP contribution is -2.33. The van der Waals surface area contributed by atoms with Gasteiger partial charge >= 0.3 is 0 Å². The summed E-state index contributed by atoms with van der Waals surface area (Å²) < 4.78 is 0. The number of hydrazone groups is 1. The number of rotatable bonds is 7. The smallest absolute Gasteiger partial charge is 0.186 e. The molecule has 0 aliphatic heterocycles. The molecule has 0 aliphatic carbocycles. The molecule has 0 fully saturated rings. The molecule has 5 heteroatoms. The fraction of sp³-hybridized carbons (Fsp3) is 0.500. The first-order valence-corrected chi connectivity index (χ1v) is 7.81. The van der Waals surface area contributed by atoms with E-state index in [1.807, 2.05) is 21.0 Å². The minimum absolute atomic E-state index is 0.579. The van der Waals surface area contributed by atoms with Gasteiger partial charge in [-0.3, -0.25) is 5.43 Å². The SMILES string of the molecule is CCCCCNC(=S)N/N=C(/C)c1ccc(N(C)C)cc1. The van der Waals surface area contributed by atoms with Crippen LogP contribution in [0.25, 0.3) is 0 Å². The van der Waals surface area contributed by atoms with Crippen LogP contribution in [-0.4, -0.2) is 31.5 Å². The Morgan fingerprint density at radius 2 is 1.86 bits per heavy atom. The molecular formula is C16H26N4S. The van der Waals surface area contributed by atoms with Crippen LogP contribution < -0.4 is 15.6 Å². The van der Waals surface area contributed by atoms with Gasteiger partial charge < -0.3 is 10.2 Å². The lowest BCUT2D eigenvalue weighted by atomic mass is 10.1. The number of thiocarbonyl (C=S) groups is 1. The van der Waals surface area contributed by atoms with Gasteiger partial charge in [0.25, 0.3) is 0 Å². The summed E-state index contributed by atoms with van der Waals surface area (Å²) in [4.78, 5) is 2.07. The van der Waals surface area contributed by atoms with Gasteiger partial charge in [0, 0.05) is 26.3 Å². The number of nitrogens with one attached hydrogen (secondary N) is 2. The van der Waals surface area contributed by atoms with Crippen LogP contribution in [0.3, 0.4) is 0 Å². The van der Waals surface area contributed by atoms with Gasteiger partial charge in [0.05, 0.1) is 5.71 Å². The lowest BCUT2D eigenvalue weighted by molar-refractivity contribution is 0.691. The van der Waals surface area contributed by atoms with E-state index in [1.54, 1.807) is 0 Å². The van der Waals surface area contributed by atoms with E-state index in [0.29, 0.717) is 5.11 Å². The summed E-state index contributed by atoms with van der Waals surface area (Å²) in [5.41, 5.74) is 6.07. The van der Waals surface area contributed by atoms with Crippen molar-refractivity contribution in [2.45, 2.75) is 33.1 Å². The fourth-order valence-corrected chi connectivity index (χ4v) is 1.96. The molecule has 0 unspecified atom stereocenters. The van der Waals surface area contributed by atoms with Crippen molar-refractivity contribution >= 4 is 28.7 Å². The summed E-state index contributed by atoms with van der Waals surface area (Å²) >= 11 is 5.19. The fourth-order valence-electron chi connectivity index (χ4n) is 1.82. The van der Waals surface area contributed by atoms with Crippen LogP contribution >= 0.6 is 12.2 Å². The number of hydrogen-bond acceptors (Lipinski definition) is 3. The van der Waals surface area contributed by atoms with Crippen LogP contribution in [0.5, 0.6) is 0 Å². The summed E-state index contributed by atoms with van der Waals surface area (Å²) in [5.74, 6) is 0. The summed E-state index contributed by atoms with van der Waals surface area (Å²) in [6.07, 6.45) is 3.56. The molecule has 0 saturated carbocycles. The molecular weight excluding hydrogens is 280 g/mol. The monoisotopic (exact) mass is 306 g/mol. The largest absolute Gasteiger partial charge is 0.378 e. The van der Waals surface area contributed by atoms with Crippen LogP contribution in [0, 0.1) is 0 Å². The lowest BCUT2D eigenvalue weighted by Gasteiger charge is -2.12. The number of benzene rings is 1. The quantitative estimate of drug-likeness (QED) is 0.351. The first-order valence-electron chi connectivity index (χ1n) is 7.40. The second-order valence-electron chi connectivity index (χ2n) is 5.21. The molecule has 0 spiro atoms. The minimum Gasteiger partial charge on any atom is -0.378 e. The topological polar surface area (TPSA) is 39.7 Å². The molecule has 1 aromatic rings. The van der Waals surface area contributed by atoms with Gasteiger partial charge in [0.15, 0.2) is 5.11 Å². The molecule has 0 heterocycles. The molecule has 0 aliphatic rings. The first kappa shape index (κ1) is 17.4. The Kier molecular flexibility index (Phi) is 7.75. The predicted octanol–water partition coefficient (Wildman–Crippen LogP) is 3.13. The molecule has 0 radical (unpaired) electrons. The van der Waals surface area contributed by atoms with Crippen molar-refractivity contribution in [3.63, 3.8) is 0 Å². The molecule has 4 nitrogen and oxygen atoms in total. The maximum absolute atomic E-state index is 5.19. The standard InChI is InChI=1S/C16H26N4S/c1-5-6-7-12-17-16(21)19-18-13(2)14-8-10-15(11-9-14)20(3)4/h8-11H,5-7,12H2,1-4H3,(H2,17,19,21)/b18-13-. The zero-order chi connectivity index (χ0) is 15.7. The van der Waals surface area contributed by atoms with Crippen LogP contribution in [0.4, 0.5) is 5.69 Å². The van der Waals surface area contributed by atoms with E-state index in [2.05, 4.69) is 51.9 Å². The summed E-state index contributed by atoms with van der Waals surface area (Å²) in [6, 6.07) is 8.28. The molecule has 1 aromatic carbocycles. The van der Waals surface area contributed by atoms with Gasteiger partial charge in [0.1, 0.15) is 0 Å². The van der Waals surface area contributed by atoms with E-state index >= 15 is 0 Å². The Labute approximate surface area is 133 Å². The average Bonchev–Trinajstić information content (AvgIpc) is 2.49.